The quantitative estimate of drug-likeness (QED) is 0.0953. The van der Waals surface area contributed by atoms with Crippen molar-refractivity contribution >= 4 is 38.8 Å². The molecule has 5 aromatic carbocycles. The first kappa shape index (κ1) is 56.6. The SMILES string of the molecule is CC(C)(C)O[n+]1ccc2ccccc2c1.FC(F)(F)c1cc([B-](c2cc(C(F)(F)F)cc(C(F)(F)F)c2)(c2cc(C(F)(F)F)cc(C(F)(F)F)c2)c2cc(C(F)(F)F)cc(C(F)(F)F)c2)cc(C(F)(F)F)c1. The topological polar surface area (TPSA) is 13.1 Å². The van der Waals surface area contributed by atoms with Gasteiger partial charge in [-0.05, 0) is 56.5 Å². The molecule has 390 valence electrons. The maximum atomic E-state index is 14.2. The molecular formula is C45H28BF24NO. The van der Waals surface area contributed by atoms with Gasteiger partial charge in [-0.3, -0.25) is 4.84 Å². The monoisotopic (exact) mass is 1070 g/mol. The van der Waals surface area contributed by atoms with Crippen LogP contribution in [0.25, 0.3) is 10.8 Å². The summed E-state index contributed by atoms with van der Waals surface area (Å²) in [5.74, 6) is 0. The van der Waals surface area contributed by atoms with E-state index in [1.165, 1.54) is 10.8 Å². The van der Waals surface area contributed by atoms with Gasteiger partial charge >= 0.3 is 49.4 Å². The molecule has 6 rings (SSSR count). The Hall–Kier alpha value is -6.31. The third-order valence-electron chi connectivity index (χ3n) is 10.5. The van der Waals surface area contributed by atoms with Crippen LogP contribution in [0.3, 0.4) is 0 Å². The van der Waals surface area contributed by atoms with Crippen molar-refractivity contribution in [2.75, 3.05) is 0 Å². The van der Waals surface area contributed by atoms with Gasteiger partial charge in [0.1, 0.15) is 6.15 Å². The van der Waals surface area contributed by atoms with Crippen LogP contribution in [0, 0.1) is 0 Å². The molecule has 0 aliphatic heterocycles. The lowest BCUT2D eigenvalue weighted by molar-refractivity contribution is -0.904. The van der Waals surface area contributed by atoms with E-state index < -0.39 is 195 Å². The Bertz CT molecular complexity index is 2490. The van der Waals surface area contributed by atoms with E-state index in [1.807, 2.05) is 45.3 Å². The van der Waals surface area contributed by atoms with Crippen molar-refractivity contribution in [2.45, 2.75) is 75.8 Å². The zero-order valence-corrected chi connectivity index (χ0v) is 36.0. The van der Waals surface area contributed by atoms with E-state index in [0.717, 1.165) is 0 Å². The number of hydrogen-bond donors (Lipinski definition) is 0. The first-order chi connectivity index (χ1) is 32.3. The average molecular weight is 1070 g/mol. The van der Waals surface area contributed by atoms with Crippen LogP contribution in [0.4, 0.5) is 105 Å². The highest BCUT2D eigenvalue weighted by atomic mass is 19.4. The third-order valence-corrected chi connectivity index (χ3v) is 10.5. The van der Waals surface area contributed by atoms with Crippen molar-refractivity contribution in [3.8, 4) is 0 Å². The van der Waals surface area contributed by atoms with E-state index >= 15 is 0 Å². The second-order valence-electron chi connectivity index (χ2n) is 16.9. The summed E-state index contributed by atoms with van der Waals surface area (Å²) in [6, 6.07) is 1.49. The van der Waals surface area contributed by atoms with Gasteiger partial charge in [0.15, 0.2) is 5.60 Å². The zero-order valence-electron chi connectivity index (χ0n) is 36.0. The fourth-order valence-electron chi connectivity index (χ4n) is 7.56. The molecule has 0 aliphatic carbocycles. The van der Waals surface area contributed by atoms with E-state index in [2.05, 4.69) is 18.2 Å². The summed E-state index contributed by atoms with van der Waals surface area (Å²) in [6.07, 6.45) is -50.9. The van der Waals surface area contributed by atoms with Crippen LogP contribution in [-0.4, -0.2) is 11.7 Å². The Morgan fingerprint density at radius 3 is 0.750 bits per heavy atom. The summed E-state index contributed by atoms with van der Waals surface area (Å²) in [6.45, 7) is 6.11. The first-order valence-corrected chi connectivity index (χ1v) is 19.8. The fraction of sp³-hybridized carbons (Fsp3) is 0.267. The molecule has 0 saturated carbocycles. The minimum absolute atomic E-state index is 0.173. The zero-order chi connectivity index (χ0) is 54.8. The molecule has 2 nitrogen and oxygen atoms in total. The lowest BCUT2D eigenvalue weighted by Gasteiger charge is -2.46. The van der Waals surface area contributed by atoms with Gasteiger partial charge in [0.25, 0.3) is 0 Å². The van der Waals surface area contributed by atoms with Gasteiger partial charge in [-0.2, -0.15) is 127 Å². The normalized spacial score (nSPS) is 13.8. The van der Waals surface area contributed by atoms with Gasteiger partial charge in [-0.1, -0.05) is 66.7 Å². The van der Waals surface area contributed by atoms with E-state index in [9.17, 15) is 105 Å². The van der Waals surface area contributed by atoms with Crippen molar-refractivity contribution in [3.05, 3.63) is 160 Å². The van der Waals surface area contributed by atoms with Gasteiger partial charge < -0.3 is 0 Å². The van der Waals surface area contributed by atoms with Crippen LogP contribution in [0.15, 0.2) is 116 Å². The van der Waals surface area contributed by atoms with E-state index in [1.54, 1.807) is 4.73 Å². The number of hydrogen-bond acceptors (Lipinski definition) is 1. The predicted molar refractivity (Wildman–Crippen MR) is 211 cm³/mol. The molecule has 0 bridgehead atoms. The van der Waals surface area contributed by atoms with E-state index in [0.29, 0.717) is 0 Å². The van der Waals surface area contributed by atoms with Crippen molar-refractivity contribution < 1.29 is 115 Å². The van der Waals surface area contributed by atoms with Gasteiger partial charge in [-0.25, -0.2) is 0 Å². The highest BCUT2D eigenvalue weighted by Crippen LogP contribution is 2.41. The molecular weight excluding hydrogens is 1040 g/mol. The molecule has 6 aromatic rings. The number of fused-ring (bicyclic) bond motifs is 1. The van der Waals surface area contributed by atoms with Crippen molar-refractivity contribution in [3.63, 3.8) is 0 Å². The first-order valence-electron chi connectivity index (χ1n) is 19.8. The maximum Gasteiger partial charge on any atom is 0.416 e. The molecule has 1 heterocycles. The van der Waals surface area contributed by atoms with Crippen LogP contribution < -0.4 is 31.4 Å². The lowest BCUT2D eigenvalue weighted by Crippen LogP contribution is -2.75. The molecule has 1 aromatic heterocycles. The molecule has 72 heavy (non-hydrogen) atoms. The third kappa shape index (κ3) is 13.0. The van der Waals surface area contributed by atoms with Crippen LogP contribution in [-0.2, 0) is 49.4 Å². The largest absolute Gasteiger partial charge is 0.416 e. The molecule has 0 unspecified atom stereocenters. The lowest BCUT2D eigenvalue weighted by atomic mass is 9.12. The number of alkyl halides is 24. The molecule has 0 atom stereocenters. The molecule has 0 amide bonds. The van der Waals surface area contributed by atoms with Crippen LogP contribution in [0.1, 0.15) is 65.3 Å². The minimum atomic E-state index is -6.13. The molecule has 27 heteroatoms. The molecule has 0 fully saturated rings. The van der Waals surface area contributed by atoms with Gasteiger partial charge in [-0.15, -0.1) is 0 Å². The predicted octanol–water partition coefficient (Wildman–Crippen LogP) is 13.6. The second kappa shape index (κ2) is 18.6. The number of rotatable bonds is 5. The van der Waals surface area contributed by atoms with Gasteiger partial charge in [0.05, 0.1) is 49.9 Å². The Kier molecular flexibility index (Phi) is 14.6. The molecule has 0 aliphatic rings. The Balaban J connectivity index is 0.000000542. The number of benzene rings is 5. The van der Waals surface area contributed by atoms with Crippen molar-refractivity contribution in [1.29, 1.82) is 0 Å². The van der Waals surface area contributed by atoms with E-state index in [-0.39, 0.29) is 5.60 Å². The summed E-state index contributed by atoms with van der Waals surface area (Å²) in [5, 5.41) is 2.41. The summed E-state index contributed by atoms with van der Waals surface area (Å²) in [4.78, 5) is 5.73. The smallest absolute Gasteiger partial charge is 0.266 e. The standard InChI is InChI=1S/C32H12BF24.C13H16NO/c34-25(35,36)13-1-14(26(37,38)39)6-21(5-13)33(22-7-15(27(40,41)42)2-16(8-22)28(43,44)45,23-9-17(29(46,47)48)3-18(10-23)30(49,50)51)24-11-19(31(52,53)54)4-20(12-24)32(55,56)57;1-13(2,3)15-14-9-8-11-6-4-5-7-12(11)10-14/h1-12H;4-10H,1-3H3/q-1;+1. The Labute approximate surface area is 389 Å². The summed E-state index contributed by atoms with van der Waals surface area (Å²) in [7, 11) is 0. The Morgan fingerprint density at radius 1 is 0.319 bits per heavy atom. The van der Waals surface area contributed by atoms with Crippen molar-refractivity contribution in [2.24, 2.45) is 0 Å². The number of halogens is 24. The second-order valence-corrected chi connectivity index (χ2v) is 16.9. The Morgan fingerprint density at radius 2 is 0.542 bits per heavy atom. The van der Waals surface area contributed by atoms with E-state index in [4.69, 9.17) is 4.84 Å². The van der Waals surface area contributed by atoms with Crippen molar-refractivity contribution in [1.82, 2.24) is 0 Å². The van der Waals surface area contributed by atoms with Crippen LogP contribution in [0.5, 0.6) is 0 Å². The molecule has 0 saturated heterocycles. The van der Waals surface area contributed by atoms with Crippen LogP contribution >= 0.6 is 0 Å². The summed E-state index contributed by atoms with van der Waals surface area (Å²) < 4.78 is 343. The number of pyridine rings is 1. The highest BCUT2D eigenvalue weighted by Gasteiger charge is 2.47. The fourth-order valence-corrected chi connectivity index (χ4v) is 7.56. The minimum Gasteiger partial charge on any atom is -0.266 e. The molecule has 0 spiro atoms. The summed E-state index contributed by atoms with van der Waals surface area (Å²) >= 11 is 0. The number of nitrogens with zero attached hydrogens (tertiary/aromatic N) is 1. The highest BCUT2D eigenvalue weighted by molar-refractivity contribution is 7.20. The maximum absolute atomic E-state index is 14.2. The van der Waals surface area contributed by atoms with Gasteiger partial charge in [0.2, 0.25) is 12.4 Å². The molecule has 0 radical (unpaired) electrons. The van der Waals surface area contributed by atoms with Crippen LogP contribution in [0.2, 0.25) is 0 Å². The number of aromatic nitrogens is 1. The summed E-state index contributed by atoms with van der Waals surface area (Å²) in [5.41, 5.74) is -30.4. The average Bonchev–Trinajstić information content (AvgIpc) is 3.21. The van der Waals surface area contributed by atoms with Gasteiger partial charge in [0, 0.05) is 10.8 Å². The molecule has 0 N–H and O–H groups in total.